The molecule has 60 heteroatoms. The molecule has 95 heavy (non-hydrogen) atoms. The molecular formula is C35H51N3O49S8-10. The molecule has 0 spiro atoms. The zero-order chi connectivity index (χ0) is 72.9. The van der Waals surface area contributed by atoms with Crippen LogP contribution in [0.1, 0.15) is 0 Å². The van der Waals surface area contributed by atoms with E-state index in [2.05, 4.69) is 75.7 Å². The number of hydrogen-bond acceptors (Lipinski definition) is 52. The fraction of sp³-hybridized carbons (Fsp3) is 0.943. The van der Waals surface area contributed by atoms with E-state index in [1.165, 1.54) is 14.2 Å². The molecule has 0 bridgehead atoms. The third kappa shape index (κ3) is 27.0. The van der Waals surface area contributed by atoms with Gasteiger partial charge in [0.15, 0.2) is 93.5 Å². The molecule has 0 amide bonds. The fourth-order valence-electron chi connectivity index (χ4n) is 9.72. The van der Waals surface area contributed by atoms with Gasteiger partial charge in [-0.3, -0.25) is 23.5 Å². The molecule has 0 saturated carbocycles. The van der Waals surface area contributed by atoms with Crippen LogP contribution >= 0.6 is 0 Å². The Morgan fingerprint density at radius 3 is 1.24 bits per heavy atom. The van der Waals surface area contributed by atoms with Crippen molar-refractivity contribution in [1.29, 1.82) is 0 Å². The molecular weight excluding hydrogens is 1500 g/mol. The number of hydrogen-bond donors (Lipinski definition) is 9. The molecule has 5 aliphatic rings. The first-order valence-corrected chi connectivity index (χ1v) is 32.6. The second kappa shape index (κ2) is 40.1. The monoisotopic (exact) mass is 1550 g/mol. The largest absolute Gasteiger partial charge is 0.735 e. The van der Waals surface area contributed by atoms with E-state index in [-0.39, 0.29) is 0 Å². The smallest absolute Gasteiger partial charge is 0.218 e. The molecule has 5 fully saturated rings. The molecule has 0 aromatic rings. The molecule has 0 radical (unpaired) electrons. The number of carbonyl (C=O) groups is 2. The first-order chi connectivity index (χ1) is 44.2. The van der Waals surface area contributed by atoms with Gasteiger partial charge in [0.2, 0.25) is 20.8 Å². The van der Waals surface area contributed by atoms with Crippen molar-refractivity contribution in [2.45, 2.75) is 141 Å². The number of rotatable bonds is 34. The first-order valence-electron chi connectivity index (χ1n) is 24.7. The lowest BCUT2D eigenvalue weighted by molar-refractivity contribution is -0.801. The van der Waals surface area contributed by atoms with Crippen molar-refractivity contribution in [2.75, 3.05) is 53.4 Å². The molecule has 25 atom stereocenters. The maximum absolute atomic E-state index is 12.6. The third-order valence-corrected chi connectivity index (χ3v) is 16.0. The fourth-order valence-corrected chi connectivity index (χ4v) is 12.5. The van der Waals surface area contributed by atoms with Crippen LogP contribution < -0.4 is 40.2 Å². The van der Waals surface area contributed by atoms with Crippen molar-refractivity contribution >= 4 is 101 Å². The number of carboxylic acids is 2. The van der Waals surface area contributed by atoms with E-state index < -0.39 is 262 Å². The highest BCUT2D eigenvalue weighted by molar-refractivity contribution is 7.84. The van der Waals surface area contributed by atoms with E-state index >= 15 is 0 Å². The standard InChI is InChI=1S/C35H61N3O46S5.3OS/c1-67-33-18(38-87(58,59)60)23(43)27(14(75-33)7-71-83-50)78-35-30(81-89(64,65)66)20(40)10(26(77-35)32(47)48)3-69-5-12-17(37-86(55,56)57)29(80-88(61,62)63)28(15(74-12)8-72-84-51)79-34-24(44)19(39)9(25(76-34)31(45)46)2-68-4-11-16(36-85(52,53)54)22(42)21(41)13(73-11)6-70-82-49;3*1-2/h9-30,33-44,49-51H,2-8H2,1H3,(H,45,46)(H,47,48)(H,52,53,54)(H,55,56,57)(H,58,59,60)(H,61,62,63)(H,64,65,66);;;/p-10/t9-,10-,11+,12+,13?,14?,15?,16?,17?,18?,19+,20+,21+,22-,23-,24?,25?,26?,27+,28+,29-,30?,33-,34-,35-;;;/m0.../s1. The SMILES string of the molecule is CO[C@H]1OC(COO[O-])[C@@H](O[C@@H]2OC(C(=O)[O-])[C@@H](COC[C@H]3OC(COO[O-])[C@@H](O[C@@H]4OC(C(=O)[O-])[C@@H](COC[C@H]5OC(COO[O-])[C@@H](O)[C@@H](O)C5NS(=O)(=O)[O-])[C@@H](O)C4O)[C@@H](OS(=O)(=O)[O-])C3NS(=O)(=O)[O-])[C@@H](O)C2OS(=O)(=O)[O-])[C@@H](O)C1NS(=O)(=O)[O-].O=S.O=S.O=S. The van der Waals surface area contributed by atoms with Crippen LogP contribution in [0.2, 0.25) is 0 Å². The summed E-state index contributed by atoms with van der Waals surface area (Å²) < 4.78 is 269. The summed E-state index contributed by atoms with van der Waals surface area (Å²) in [5.74, 6) is -9.19. The van der Waals surface area contributed by atoms with E-state index in [1.54, 1.807) is 0 Å². The molecule has 10 unspecified atom stereocenters. The van der Waals surface area contributed by atoms with Crippen molar-refractivity contribution in [1.82, 2.24) is 14.2 Å². The van der Waals surface area contributed by atoms with Crippen LogP contribution in [0.3, 0.4) is 0 Å². The second-order valence-electron chi connectivity index (χ2n) is 19.0. The van der Waals surface area contributed by atoms with Gasteiger partial charge >= 0.3 is 0 Å². The predicted octanol–water partition coefficient (Wildman–Crippen LogP) is -20.3. The van der Waals surface area contributed by atoms with Gasteiger partial charge in [-0.1, -0.05) is 0 Å². The molecule has 0 aliphatic carbocycles. The zero-order valence-electron chi connectivity index (χ0n) is 46.4. The number of aliphatic carboxylic acids is 2. The Morgan fingerprint density at radius 2 is 0.800 bits per heavy atom. The van der Waals surface area contributed by atoms with E-state index in [0.29, 0.717) is 0 Å². The Labute approximate surface area is 548 Å². The van der Waals surface area contributed by atoms with Gasteiger partial charge in [0.05, 0.1) is 62.7 Å². The maximum atomic E-state index is 12.6. The Hall–Kier alpha value is -2.65. The summed E-state index contributed by atoms with van der Waals surface area (Å²) in [4.78, 5) is 37.8. The lowest BCUT2D eigenvalue weighted by atomic mass is 9.88. The molecule has 5 saturated heterocycles. The Bertz CT molecular complexity index is 2930. The minimum absolute atomic E-state index is 0.833. The minimum atomic E-state index is -6.30. The molecule has 0 aromatic heterocycles. The summed E-state index contributed by atoms with van der Waals surface area (Å²) in [7, 11) is -28.7. The Balaban J connectivity index is 0.00000497. The van der Waals surface area contributed by atoms with Gasteiger partial charge < -0.3 is 136 Å². The summed E-state index contributed by atoms with van der Waals surface area (Å²) >= 11 is 8.50. The van der Waals surface area contributed by atoms with Crippen molar-refractivity contribution in [3.8, 4) is 0 Å². The topological polar surface area (TPSA) is 810 Å². The Kier molecular flexibility index (Phi) is 37.3. The Morgan fingerprint density at radius 1 is 0.411 bits per heavy atom. The van der Waals surface area contributed by atoms with Gasteiger partial charge in [0.1, 0.15) is 111 Å². The highest BCUT2D eigenvalue weighted by atomic mass is 32.3. The summed E-state index contributed by atoms with van der Waals surface area (Å²) in [5, 5.41) is 133. The molecule has 9 N–H and O–H groups in total. The zero-order valence-corrected chi connectivity index (χ0v) is 52.9. The summed E-state index contributed by atoms with van der Waals surface area (Å²) in [5.41, 5.74) is 0. The first kappa shape index (κ1) is 88.4. The van der Waals surface area contributed by atoms with Gasteiger partial charge in [-0.05, 0) is 0 Å². The molecule has 0 aromatic carbocycles. The lowest BCUT2D eigenvalue weighted by Crippen LogP contribution is -2.69. The van der Waals surface area contributed by atoms with Crippen molar-refractivity contribution in [2.24, 2.45) is 11.8 Å². The third-order valence-electron chi connectivity index (χ3n) is 13.4. The van der Waals surface area contributed by atoms with Crippen LogP contribution in [0.15, 0.2) is 0 Å². The highest BCUT2D eigenvalue weighted by Crippen LogP contribution is 2.37. The highest BCUT2D eigenvalue weighted by Gasteiger charge is 2.57. The number of carbonyl (C=O) groups excluding carboxylic acids is 2. The van der Waals surface area contributed by atoms with Crippen LogP contribution in [0.5, 0.6) is 0 Å². The average Bonchev–Trinajstić information content (AvgIpc) is 0.779. The predicted molar refractivity (Wildman–Crippen MR) is 259 cm³/mol. The van der Waals surface area contributed by atoms with Crippen LogP contribution in [0.25, 0.3) is 0 Å². The van der Waals surface area contributed by atoms with Gasteiger partial charge in [-0.15, -0.1) is 0 Å². The van der Waals surface area contributed by atoms with Crippen LogP contribution in [-0.4, -0.2) is 314 Å². The van der Waals surface area contributed by atoms with E-state index in [0.717, 1.165) is 7.11 Å². The van der Waals surface area contributed by atoms with Crippen LogP contribution in [0, 0.1) is 11.8 Å². The molecule has 558 valence electrons. The summed E-state index contributed by atoms with van der Waals surface area (Å²) in [6, 6.07) is -7.05. The van der Waals surface area contributed by atoms with Crippen LogP contribution in [0.4, 0.5) is 0 Å². The van der Waals surface area contributed by atoms with E-state index in [1.807, 2.05) is 0 Å². The van der Waals surface area contributed by atoms with Gasteiger partial charge in [-0.25, -0.2) is 70.9 Å². The van der Waals surface area contributed by atoms with Gasteiger partial charge in [0.25, 0.3) is 0 Å². The van der Waals surface area contributed by atoms with Crippen LogP contribution in [-0.2, 0) is 184 Å². The molecule has 52 nitrogen and oxygen atoms in total. The number of aliphatic hydroxyl groups is 6. The quantitative estimate of drug-likeness (QED) is 0.0125. The number of carboxylic acid groups (broad SMARTS) is 2. The van der Waals surface area contributed by atoms with Gasteiger partial charge in [0, 0.05) is 18.9 Å². The molecule has 5 heterocycles. The van der Waals surface area contributed by atoms with Crippen molar-refractivity contribution in [3.63, 3.8) is 0 Å². The molecule has 5 aliphatic heterocycles. The van der Waals surface area contributed by atoms with Crippen molar-refractivity contribution in [3.05, 3.63) is 0 Å². The number of nitrogens with one attached hydrogen (secondary N) is 3. The number of ether oxygens (including phenoxy) is 10. The second-order valence-corrected chi connectivity index (χ2v) is 24.5. The van der Waals surface area contributed by atoms with Crippen molar-refractivity contribution < 1.29 is 229 Å². The summed E-state index contributed by atoms with van der Waals surface area (Å²) in [6.45, 7) is -8.65. The maximum Gasteiger partial charge on any atom is 0.218 e. The normalized spacial score (nSPS) is 36.4. The summed E-state index contributed by atoms with van der Waals surface area (Å²) in [6.07, 6.45) is -49.0. The van der Waals surface area contributed by atoms with E-state index in [9.17, 15) is 131 Å². The number of aliphatic hydroxyl groups excluding tert-OH is 6. The van der Waals surface area contributed by atoms with E-state index in [4.69, 9.17) is 60.0 Å². The molecule has 5 rings (SSSR count). The average molecular weight is 1550 g/mol. The minimum Gasteiger partial charge on any atom is -0.735 e. The number of methoxy groups -OCH3 is 1. The lowest BCUT2D eigenvalue weighted by Gasteiger charge is -2.50. The van der Waals surface area contributed by atoms with Gasteiger partial charge in [-0.2, -0.15) is 12.6 Å².